The maximum Gasteiger partial charge on any atom is 0.337 e. The summed E-state index contributed by atoms with van der Waals surface area (Å²) in [6.45, 7) is 14.8. The molecule has 0 fully saturated rings. The van der Waals surface area contributed by atoms with Crippen molar-refractivity contribution in [1.29, 1.82) is 0 Å². The van der Waals surface area contributed by atoms with Crippen LogP contribution in [0.2, 0.25) is 0 Å². The van der Waals surface area contributed by atoms with Crippen LogP contribution in [-0.4, -0.2) is 18.7 Å². The van der Waals surface area contributed by atoms with Crippen molar-refractivity contribution in [3.63, 3.8) is 0 Å². The number of ether oxygens (including phenoxy) is 2. The molecule has 0 aliphatic carbocycles. The lowest BCUT2D eigenvalue weighted by Gasteiger charge is -2.33. The quantitative estimate of drug-likeness (QED) is 0.762. The molecule has 0 saturated carbocycles. The highest BCUT2D eigenvalue weighted by atomic mass is 16.5. The van der Waals surface area contributed by atoms with E-state index in [9.17, 15) is 4.79 Å². The molecule has 118 valence electrons. The second kappa shape index (κ2) is 6.08. The van der Waals surface area contributed by atoms with Gasteiger partial charge in [-0.1, -0.05) is 34.6 Å². The summed E-state index contributed by atoms with van der Waals surface area (Å²) < 4.78 is 11.0. The largest absolute Gasteiger partial charge is 0.487 e. The Bertz CT molecular complexity index is 508. The number of carbonyl (C=O) groups is 1. The topological polar surface area (TPSA) is 35.5 Å². The third-order valence-corrected chi connectivity index (χ3v) is 3.97. The fraction of sp³-hybridized carbons (Fsp3) is 0.611. The number of esters is 1. The Morgan fingerprint density at radius 2 is 1.67 bits per heavy atom. The lowest BCUT2D eigenvalue weighted by Crippen LogP contribution is -2.35. The Balaban J connectivity index is 3.30. The van der Waals surface area contributed by atoms with Crippen LogP contribution in [0.3, 0.4) is 0 Å². The maximum absolute atomic E-state index is 11.7. The zero-order valence-corrected chi connectivity index (χ0v) is 14.5. The second-order valence-corrected chi connectivity index (χ2v) is 7.31. The molecule has 0 aliphatic heterocycles. The number of carbonyl (C=O) groups excluding carboxylic acids is 1. The highest BCUT2D eigenvalue weighted by Crippen LogP contribution is 2.35. The fourth-order valence-electron chi connectivity index (χ4n) is 1.85. The van der Waals surface area contributed by atoms with E-state index >= 15 is 0 Å². The van der Waals surface area contributed by atoms with Gasteiger partial charge in [0.1, 0.15) is 11.4 Å². The molecule has 3 heteroatoms. The van der Waals surface area contributed by atoms with Crippen LogP contribution in [0.4, 0.5) is 0 Å². The summed E-state index contributed by atoms with van der Waals surface area (Å²) in [6.07, 6.45) is 0. The zero-order chi connectivity index (χ0) is 16.4. The molecule has 0 aliphatic rings. The normalized spacial score (nSPS) is 12.4. The smallest absolute Gasteiger partial charge is 0.337 e. The molecule has 0 spiro atoms. The number of hydrogen-bond acceptors (Lipinski definition) is 3. The summed E-state index contributed by atoms with van der Waals surface area (Å²) in [6, 6.07) is 5.50. The van der Waals surface area contributed by atoms with Gasteiger partial charge in [-0.3, -0.25) is 0 Å². The van der Waals surface area contributed by atoms with Crippen molar-refractivity contribution in [2.75, 3.05) is 7.11 Å². The average molecular weight is 292 g/mol. The van der Waals surface area contributed by atoms with E-state index in [1.807, 2.05) is 12.1 Å². The first kappa shape index (κ1) is 17.5. The minimum Gasteiger partial charge on any atom is -0.487 e. The van der Waals surface area contributed by atoms with Gasteiger partial charge >= 0.3 is 5.97 Å². The van der Waals surface area contributed by atoms with Gasteiger partial charge in [0.15, 0.2) is 0 Å². The Kier molecular flexibility index (Phi) is 5.08. The first-order valence-electron chi connectivity index (χ1n) is 7.41. The second-order valence-electron chi connectivity index (χ2n) is 7.31. The molecule has 0 saturated heterocycles. The molecule has 21 heavy (non-hydrogen) atoms. The third kappa shape index (κ3) is 4.23. The predicted octanol–water partition coefficient (Wildman–Crippen LogP) is 4.58. The van der Waals surface area contributed by atoms with Crippen LogP contribution < -0.4 is 4.74 Å². The van der Waals surface area contributed by atoms with Crippen LogP contribution in [0.25, 0.3) is 0 Å². The number of benzene rings is 1. The van der Waals surface area contributed by atoms with Crippen molar-refractivity contribution in [3.8, 4) is 5.75 Å². The lowest BCUT2D eigenvalue weighted by molar-refractivity contribution is 0.0575. The van der Waals surface area contributed by atoms with E-state index in [2.05, 4.69) is 48.5 Å². The van der Waals surface area contributed by atoms with Crippen molar-refractivity contribution in [3.05, 3.63) is 29.3 Å². The summed E-state index contributed by atoms with van der Waals surface area (Å²) in [5.74, 6) is 0.884. The van der Waals surface area contributed by atoms with E-state index < -0.39 is 0 Å². The van der Waals surface area contributed by atoms with E-state index in [0.717, 1.165) is 11.3 Å². The molecule has 0 bridgehead atoms. The van der Waals surface area contributed by atoms with Crippen molar-refractivity contribution in [1.82, 2.24) is 0 Å². The predicted molar refractivity (Wildman–Crippen MR) is 86.0 cm³/mol. The third-order valence-electron chi connectivity index (χ3n) is 3.97. The van der Waals surface area contributed by atoms with Gasteiger partial charge in [-0.25, -0.2) is 4.79 Å². The Morgan fingerprint density at radius 3 is 2.10 bits per heavy atom. The number of hydrogen-bond donors (Lipinski definition) is 0. The molecule has 1 rings (SSSR count). The molecule has 1 aromatic carbocycles. The Morgan fingerprint density at radius 1 is 1.10 bits per heavy atom. The molecular weight excluding hydrogens is 264 g/mol. The zero-order valence-electron chi connectivity index (χ0n) is 14.5. The summed E-state index contributed by atoms with van der Waals surface area (Å²) in [4.78, 5) is 11.7. The van der Waals surface area contributed by atoms with Crippen LogP contribution in [-0.2, 0) is 10.2 Å². The molecule has 0 amide bonds. The standard InChI is InChI=1S/C18H28O3/c1-12(2)18(6,7)21-15-10-9-13(16(19)20-8)11-14(15)17(3,4)5/h9-12H,1-8H3. The van der Waals surface area contributed by atoms with Gasteiger partial charge in [0.25, 0.3) is 0 Å². The van der Waals surface area contributed by atoms with Gasteiger partial charge in [0, 0.05) is 5.56 Å². The fourth-order valence-corrected chi connectivity index (χ4v) is 1.85. The monoisotopic (exact) mass is 292 g/mol. The first-order chi connectivity index (χ1) is 9.49. The molecule has 0 heterocycles. The number of rotatable bonds is 4. The molecule has 0 atom stereocenters. The minimum absolute atomic E-state index is 0.119. The van der Waals surface area contributed by atoms with Gasteiger partial charge in [-0.2, -0.15) is 0 Å². The van der Waals surface area contributed by atoms with Gasteiger partial charge in [-0.05, 0) is 43.4 Å². The van der Waals surface area contributed by atoms with Gasteiger partial charge in [0.2, 0.25) is 0 Å². The summed E-state index contributed by atoms with van der Waals surface area (Å²) in [5.41, 5.74) is 1.18. The highest BCUT2D eigenvalue weighted by molar-refractivity contribution is 5.89. The average Bonchev–Trinajstić information content (AvgIpc) is 2.36. The SMILES string of the molecule is COC(=O)c1ccc(OC(C)(C)C(C)C)c(C(C)(C)C)c1. The van der Waals surface area contributed by atoms with Crippen LogP contribution in [0.15, 0.2) is 18.2 Å². The van der Waals surface area contributed by atoms with Gasteiger partial charge in [-0.15, -0.1) is 0 Å². The Labute approximate surface area is 128 Å². The molecular formula is C18H28O3. The minimum atomic E-state index is -0.324. The number of methoxy groups -OCH3 is 1. The summed E-state index contributed by atoms with van der Waals surface area (Å²) >= 11 is 0. The highest BCUT2D eigenvalue weighted by Gasteiger charge is 2.28. The van der Waals surface area contributed by atoms with Crippen LogP contribution >= 0.6 is 0 Å². The van der Waals surface area contributed by atoms with E-state index in [0.29, 0.717) is 11.5 Å². The summed E-state index contributed by atoms with van der Waals surface area (Å²) in [5, 5.41) is 0. The van der Waals surface area contributed by atoms with Crippen molar-refractivity contribution < 1.29 is 14.3 Å². The van der Waals surface area contributed by atoms with E-state index in [-0.39, 0.29) is 17.0 Å². The van der Waals surface area contributed by atoms with E-state index in [1.165, 1.54) is 7.11 Å². The molecule has 0 N–H and O–H groups in total. The Hall–Kier alpha value is -1.51. The van der Waals surface area contributed by atoms with Crippen LogP contribution in [0.1, 0.15) is 64.4 Å². The van der Waals surface area contributed by atoms with Crippen LogP contribution in [0, 0.1) is 5.92 Å². The van der Waals surface area contributed by atoms with Crippen molar-refractivity contribution >= 4 is 5.97 Å². The van der Waals surface area contributed by atoms with Crippen LogP contribution in [0.5, 0.6) is 5.75 Å². The molecule has 0 unspecified atom stereocenters. The first-order valence-corrected chi connectivity index (χ1v) is 7.41. The van der Waals surface area contributed by atoms with E-state index in [4.69, 9.17) is 9.47 Å². The summed E-state index contributed by atoms with van der Waals surface area (Å²) in [7, 11) is 1.39. The molecule has 0 radical (unpaired) electrons. The van der Waals surface area contributed by atoms with Crippen molar-refractivity contribution in [2.45, 2.75) is 59.5 Å². The lowest BCUT2D eigenvalue weighted by atomic mass is 9.85. The van der Waals surface area contributed by atoms with E-state index in [1.54, 1.807) is 6.07 Å². The van der Waals surface area contributed by atoms with Gasteiger partial charge in [0.05, 0.1) is 12.7 Å². The molecule has 1 aromatic rings. The molecule has 3 nitrogen and oxygen atoms in total. The van der Waals surface area contributed by atoms with Crippen molar-refractivity contribution in [2.24, 2.45) is 5.92 Å². The molecule has 0 aromatic heterocycles. The van der Waals surface area contributed by atoms with Gasteiger partial charge < -0.3 is 9.47 Å². The maximum atomic E-state index is 11.7.